The molecule has 5 heteroatoms. The zero-order valence-electron chi connectivity index (χ0n) is 12.6. The Labute approximate surface area is 129 Å². The summed E-state index contributed by atoms with van der Waals surface area (Å²) in [6.45, 7) is 5.85. The van der Waals surface area contributed by atoms with E-state index in [9.17, 15) is 4.79 Å². The number of rotatable bonds is 7. The molecule has 0 spiro atoms. The molecule has 20 heavy (non-hydrogen) atoms. The second-order valence-corrected chi connectivity index (χ2v) is 6.84. The lowest BCUT2D eigenvalue weighted by molar-refractivity contribution is -0.123. The number of halogens is 1. The van der Waals surface area contributed by atoms with Gasteiger partial charge in [-0.15, -0.1) is 0 Å². The Morgan fingerprint density at radius 3 is 2.45 bits per heavy atom. The molecule has 0 unspecified atom stereocenters. The van der Waals surface area contributed by atoms with E-state index < -0.39 is 0 Å². The minimum absolute atomic E-state index is 0.0385. The Balaban J connectivity index is 2.32. The second-order valence-electron chi connectivity index (χ2n) is 5.92. The van der Waals surface area contributed by atoms with Crippen molar-refractivity contribution >= 4 is 21.8 Å². The molecule has 0 heterocycles. The summed E-state index contributed by atoms with van der Waals surface area (Å²) in [6.07, 6.45) is 0. The Morgan fingerprint density at radius 1 is 1.30 bits per heavy atom. The fraction of sp³-hybridized carbons (Fsp3) is 0.533. The average Bonchev–Trinajstić information content (AvgIpc) is 2.34. The fourth-order valence-corrected chi connectivity index (χ4v) is 2.24. The van der Waals surface area contributed by atoms with Gasteiger partial charge in [-0.1, -0.05) is 29.8 Å². The van der Waals surface area contributed by atoms with Crippen LogP contribution in [0.5, 0.6) is 5.75 Å². The Morgan fingerprint density at radius 2 is 1.90 bits per heavy atom. The molecule has 112 valence electrons. The van der Waals surface area contributed by atoms with E-state index in [1.165, 1.54) is 0 Å². The molecule has 1 aromatic carbocycles. The normalized spacial score (nSPS) is 11.5. The molecule has 0 aromatic heterocycles. The largest absolute Gasteiger partial charge is 0.484 e. The van der Waals surface area contributed by atoms with Crippen molar-refractivity contribution in [3.8, 4) is 5.75 Å². The van der Waals surface area contributed by atoms with Gasteiger partial charge in [-0.05, 0) is 43.8 Å². The van der Waals surface area contributed by atoms with Gasteiger partial charge in [0.05, 0.1) is 0 Å². The van der Waals surface area contributed by atoms with Crippen LogP contribution in [0.25, 0.3) is 0 Å². The van der Waals surface area contributed by atoms with E-state index in [0.717, 1.165) is 11.0 Å². The lowest BCUT2D eigenvalue weighted by Gasteiger charge is -2.28. The molecule has 1 aromatic rings. The number of amides is 1. The van der Waals surface area contributed by atoms with E-state index in [4.69, 9.17) is 4.74 Å². The molecule has 1 rings (SSSR count). The molecule has 1 N–H and O–H groups in total. The van der Waals surface area contributed by atoms with Crippen LogP contribution in [0.3, 0.4) is 0 Å². The van der Waals surface area contributed by atoms with Crippen LogP contribution in [0.1, 0.15) is 13.8 Å². The maximum Gasteiger partial charge on any atom is 0.257 e. The van der Waals surface area contributed by atoms with Gasteiger partial charge in [0.25, 0.3) is 5.91 Å². The first-order valence-electron chi connectivity index (χ1n) is 6.58. The molecular formula is C15H23BrN2O2. The molecular weight excluding hydrogens is 320 g/mol. The zero-order valence-corrected chi connectivity index (χ0v) is 14.2. The minimum Gasteiger partial charge on any atom is -0.484 e. The highest BCUT2D eigenvalue weighted by atomic mass is 79.9. The van der Waals surface area contributed by atoms with Crippen molar-refractivity contribution in [2.75, 3.05) is 33.8 Å². The summed E-state index contributed by atoms with van der Waals surface area (Å²) in [6, 6.07) is 7.42. The van der Waals surface area contributed by atoms with Crippen molar-refractivity contribution in [3.05, 3.63) is 28.7 Å². The minimum atomic E-state index is -0.0975. The van der Waals surface area contributed by atoms with Gasteiger partial charge in [0, 0.05) is 17.6 Å². The van der Waals surface area contributed by atoms with Crippen LogP contribution in [0.4, 0.5) is 0 Å². The van der Waals surface area contributed by atoms with E-state index in [-0.39, 0.29) is 17.9 Å². The van der Waals surface area contributed by atoms with Gasteiger partial charge in [-0.25, -0.2) is 0 Å². The third-order valence-corrected chi connectivity index (χ3v) is 3.22. The summed E-state index contributed by atoms with van der Waals surface area (Å²) in [7, 11) is 4.06. The Kier molecular flexibility index (Phi) is 6.49. The van der Waals surface area contributed by atoms with Gasteiger partial charge in [0.2, 0.25) is 0 Å². The smallest absolute Gasteiger partial charge is 0.257 e. The van der Waals surface area contributed by atoms with Crippen LogP contribution in [-0.4, -0.2) is 44.6 Å². The zero-order chi connectivity index (χ0) is 15.2. The first-order chi connectivity index (χ1) is 9.28. The number of nitrogens with one attached hydrogen (secondary N) is 1. The second kappa shape index (κ2) is 7.64. The van der Waals surface area contributed by atoms with Gasteiger partial charge in [0.1, 0.15) is 5.75 Å². The van der Waals surface area contributed by atoms with E-state index in [0.29, 0.717) is 12.3 Å². The number of carbonyl (C=O) groups excluding carboxylic acids is 1. The number of hydrogen-bond acceptors (Lipinski definition) is 3. The summed E-state index contributed by atoms with van der Waals surface area (Å²) < 4.78 is 6.41. The highest BCUT2D eigenvalue weighted by Crippen LogP contribution is 2.16. The van der Waals surface area contributed by atoms with Gasteiger partial charge in [-0.2, -0.15) is 0 Å². The average molecular weight is 343 g/mol. The highest BCUT2D eigenvalue weighted by molar-refractivity contribution is 9.10. The van der Waals surface area contributed by atoms with Gasteiger partial charge < -0.3 is 15.0 Å². The third-order valence-electron chi connectivity index (χ3n) is 2.69. The molecule has 0 saturated carbocycles. The topological polar surface area (TPSA) is 41.6 Å². The molecule has 0 saturated heterocycles. The number of nitrogens with zero attached hydrogens (tertiary/aromatic N) is 1. The molecule has 0 aliphatic heterocycles. The van der Waals surface area contributed by atoms with Crippen molar-refractivity contribution in [1.29, 1.82) is 0 Å². The van der Waals surface area contributed by atoms with Crippen molar-refractivity contribution in [2.45, 2.75) is 13.8 Å². The summed E-state index contributed by atoms with van der Waals surface area (Å²) in [5, 5.41) is 2.91. The van der Waals surface area contributed by atoms with E-state index in [1.54, 1.807) is 0 Å². The molecule has 1 amide bonds. The highest BCUT2D eigenvalue weighted by Gasteiger charge is 2.19. The monoisotopic (exact) mass is 342 g/mol. The van der Waals surface area contributed by atoms with Crippen molar-refractivity contribution in [3.63, 3.8) is 0 Å². The van der Waals surface area contributed by atoms with Crippen molar-refractivity contribution < 1.29 is 9.53 Å². The number of hydrogen-bond donors (Lipinski definition) is 1. The van der Waals surface area contributed by atoms with Crippen molar-refractivity contribution in [1.82, 2.24) is 10.2 Å². The predicted molar refractivity (Wildman–Crippen MR) is 85.0 cm³/mol. The molecule has 4 nitrogen and oxygen atoms in total. The Bertz CT molecular complexity index is 430. The van der Waals surface area contributed by atoms with Crippen molar-refractivity contribution in [2.24, 2.45) is 5.41 Å². The van der Waals surface area contributed by atoms with Gasteiger partial charge in [0.15, 0.2) is 6.61 Å². The first kappa shape index (κ1) is 17.0. The summed E-state index contributed by atoms with van der Waals surface area (Å²) in [5.41, 5.74) is 0.0385. The van der Waals surface area contributed by atoms with E-state index in [2.05, 4.69) is 40.0 Å². The third kappa shape index (κ3) is 6.91. The molecule has 0 radical (unpaired) electrons. The van der Waals surface area contributed by atoms with Gasteiger partial charge in [-0.3, -0.25) is 4.79 Å². The van der Waals surface area contributed by atoms with Crippen LogP contribution >= 0.6 is 15.9 Å². The van der Waals surface area contributed by atoms with Crippen LogP contribution in [0.2, 0.25) is 0 Å². The van der Waals surface area contributed by atoms with Crippen LogP contribution < -0.4 is 10.1 Å². The number of carbonyl (C=O) groups is 1. The fourth-order valence-electron chi connectivity index (χ4n) is 1.98. The van der Waals surface area contributed by atoms with Crippen LogP contribution in [0.15, 0.2) is 28.7 Å². The lowest BCUT2D eigenvalue weighted by Crippen LogP contribution is -2.41. The summed E-state index contributed by atoms with van der Waals surface area (Å²) in [5.74, 6) is 0.593. The molecule has 0 aliphatic rings. The molecule has 0 fully saturated rings. The molecule has 0 atom stereocenters. The predicted octanol–water partition coefficient (Wildman–Crippen LogP) is 2.53. The molecule has 0 bridgehead atoms. The first-order valence-corrected chi connectivity index (χ1v) is 7.38. The molecule has 0 aliphatic carbocycles. The van der Waals surface area contributed by atoms with Crippen LogP contribution in [0, 0.1) is 5.41 Å². The number of ether oxygens (including phenoxy) is 1. The maximum absolute atomic E-state index is 11.8. The Hall–Kier alpha value is -1.07. The van der Waals surface area contributed by atoms with Gasteiger partial charge >= 0.3 is 0 Å². The summed E-state index contributed by atoms with van der Waals surface area (Å²) in [4.78, 5) is 13.9. The number of benzene rings is 1. The lowest BCUT2D eigenvalue weighted by atomic mass is 9.93. The van der Waals surface area contributed by atoms with E-state index >= 15 is 0 Å². The van der Waals surface area contributed by atoms with Crippen LogP contribution in [-0.2, 0) is 4.79 Å². The SMILES string of the molecule is CN(C)CC(C)(C)CNC(=O)COc1ccc(Br)cc1. The maximum atomic E-state index is 11.8. The standard InChI is InChI=1S/C15H23BrN2O2/c1-15(2,11-18(3)4)10-17-14(19)9-20-13-7-5-12(16)6-8-13/h5-8H,9-11H2,1-4H3,(H,17,19). The summed E-state index contributed by atoms with van der Waals surface area (Å²) >= 11 is 3.35. The van der Waals surface area contributed by atoms with E-state index in [1.807, 2.05) is 38.4 Å². The quantitative estimate of drug-likeness (QED) is 0.827.